The third kappa shape index (κ3) is 4.33. The van der Waals surface area contributed by atoms with E-state index in [0.29, 0.717) is 6.04 Å². The summed E-state index contributed by atoms with van der Waals surface area (Å²) in [4.78, 5) is 27.5. The van der Waals surface area contributed by atoms with Gasteiger partial charge in [-0.3, -0.25) is 9.69 Å². The van der Waals surface area contributed by atoms with Crippen LogP contribution < -0.4 is 5.32 Å². The van der Waals surface area contributed by atoms with E-state index in [1.54, 1.807) is 0 Å². The molecule has 2 aliphatic rings. The predicted molar refractivity (Wildman–Crippen MR) is 80.2 cm³/mol. The van der Waals surface area contributed by atoms with Crippen LogP contribution in [0.3, 0.4) is 0 Å². The highest BCUT2D eigenvalue weighted by molar-refractivity contribution is 5.79. The van der Waals surface area contributed by atoms with Crippen molar-refractivity contribution in [2.75, 3.05) is 26.2 Å². The molecule has 0 aromatic heterocycles. The van der Waals surface area contributed by atoms with Gasteiger partial charge >= 0.3 is 6.09 Å². The van der Waals surface area contributed by atoms with Crippen LogP contribution in [-0.4, -0.2) is 65.2 Å². The fourth-order valence-corrected chi connectivity index (χ4v) is 3.38. The molecule has 0 aromatic carbocycles. The molecule has 2 fully saturated rings. The van der Waals surface area contributed by atoms with Gasteiger partial charge in [0.2, 0.25) is 5.91 Å². The molecule has 0 unspecified atom stereocenters. The Morgan fingerprint density at radius 2 is 1.62 bits per heavy atom. The minimum atomic E-state index is -0.963. The standard InChI is InChI=1S/C15H27N3O3/c1-11(2)17-7-9-18(10-8-17)14(19)12-3-5-13(6-4-12)16-15(20)21/h11-13,16H,3-10H2,1-2H3,(H,20,21). The van der Waals surface area contributed by atoms with Crippen molar-refractivity contribution < 1.29 is 14.7 Å². The Morgan fingerprint density at radius 3 is 2.10 bits per heavy atom. The summed E-state index contributed by atoms with van der Waals surface area (Å²) in [6, 6.07) is 0.559. The van der Waals surface area contributed by atoms with Crippen LogP contribution in [0, 0.1) is 5.92 Å². The van der Waals surface area contributed by atoms with Crippen molar-refractivity contribution in [1.82, 2.24) is 15.1 Å². The lowest BCUT2D eigenvalue weighted by molar-refractivity contribution is -0.138. The lowest BCUT2D eigenvalue weighted by Crippen LogP contribution is -2.52. The maximum atomic E-state index is 12.5. The molecule has 6 nitrogen and oxygen atoms in total. The second-order valence-electron chi connectivity index (χ2n) is 6.45. The first kappa shape index (κ1) is 16.1. The van der Waals surface area contributed by atoms with Crippen molar-refractivity contribution in [3.63, 3.8) is 0 Å². The van der Waals surface area contributed by atoms with Crippen LogP contribution >= 0.6 is 0 Å². The molecule has 6 heteroatoms. The van der Waals surface area contributed by atoms with Gasteiger partial charge < -0.3 is 15.3 Å². The first-order chi connectivity index (χ1) is 9.97. The molecule has 1 aliphatic heterocycles. The molecule has 2 rings (SSSR count). The van der Waals surface area contributed by atoms with Crippen molar-refractivity contribution in [3.8, 4) is 0 Å². The molecule has 1 saturated heterocycles. The second kappa shape index (κ2) is 7.11. The van der Waals surface area contributed by atoms with E-state index in [1.807, 2.05) is 4.90 Å². The number of amides is 2. The molecule has 21 heavy (non-hydrogen) atoms. The molecular formula is C15H27N3O3. The van der Waals surface area contributed by atoms with Crippen molar-refractivity contribution in [1.29, 1.82) is 0 Å². The molecule has 0 aromatic rings. The Kier molecular flexibility index (Phi) is 5.45. The van der Waals surface area contributed by atoms with Crippen LogP contribution in [0.25, 0.3) is 0 Å². The topological polar surface area (TPSA) is 72.9 Å². The van der Waals surface area contributed by atoms with E-state index in [4.69, 9.17) is 5.11 Å². The molecule has 2 amide bonds. The molecule has 0 spiro atoms. The minimum Gasteiger partial charge on any atom is -0.465 e. The molecule has 120 valence electrons. The first-order valence-corrected chi connectivity index (χ1v) is 7.99. The lowest BCUT2D eigenvalue weighted by Gasteiger charge is -2.39. The Bertz CT molecular complexity index is 370. The third-order valence-electron chi connectivity index (χ3n) is 4.76. The summed E-state index contributed by atoms with van der Waals surface area (Å²) >= 11 is 0. The highest BCUT2D eigenvalue weighted by atomic mass is 16.4. The SMILES string of the molecule is CC(C)N1CCN(C(=O)C2CCC(NC(=O)O)CC2)CC1. The summed E-state index contributed by atoms with van der Waals surface area (Å²) in [5.74, 6) is 0.356. The summed E-state index contributed by atoms with van der Waals surface area (Å²) < 4.78 is 0. The number of carboxylic acid groups (broad SMARTS) is 1. The molecule has 2 N–H and O–H groups in total. The van der Waals surface area contributed by atoms with Gasteiger partial charge in [0.1, 0.15) is 0 Å². The van der Waals surface area contributed by atoms with E-state index in [2.05, 4.69) is 24.1 Å². The number of carbonyl (C=O) groups is 2. The summed E-state index contributed by atoms with van der Waals surface area (Å²) in [5, 5.41) is 11.2. The van der Waals surface area contributed by atoms with Gasteiger partial charge in [-0.05, 0) is 39.5 Å². The monoisotopic (exact) mass is 297 g/mol. The zero-order valence-corrected chi connectivity index (χ0v) is 13.0. The van der Waals surface area contributed by atoms with Crippen LogP contribution in [0.4, 0.5) is 4.79 Å². The molecular weight excluding hydrogens is 270 g/mol. The van der Waals surface area contributed by atoms with Crippen molar-refractivity contribution in [2.45, 2.75) is 51.6 Å². The molecule has 1 aliphatic carbocycles. The maximum absolute atomic E-state index is 12.5. The number of nitrogens with zero attached hydrogens (tertiary/aromatic N) is 2. The largest absolute Gasteiger partial charge is 0.465 e. The van der Waals surface area contributed by atoms with Crippen LogP contribution in [0.5, 0.6) is 0 Å². The fraction of sp³-hybridized carbons (Fsp3) is 0.867. The van der Waals surface area contributed by atoms with Crippen LogP contribution in [0.1, 0.15) is 39.5 Å². The van der Waals surface area contributed by atoms with E-state index in [9.17, 15) is 9.59 Å². The number of nitrogens with one attached hydrogen (secondary N) is 1. The highest BCUT2D eigenvalue weighted by Gasteiger charge is 2.31. The van der Waals surface area contributed by atoms with Gasteiger partial charge in [-0.2, -0.15) is 0 Å². The van der Waals surface area contributed by atoms with Crippen molar-refractivity contribution in [2.24, 2.45) is 5.92 Å². The molecule has 1 saturated carbocycles. The van der Waals surface area contributed by atoms with Gasteiger partial charge in [0.25, 0.3) is 0 Å². The van der Waals surface area contributed by atoms with E-state index >= 15 is 0 Å². The average Bonchev–Trinajstić information content (AvgIpc) is 2.47. The number of rotatable bonds is 3. The quantitative estimate of drug-likeness (QED) is 0.825. The molecule has 0 atom stereocenters. The Balaban J connectivity index is 1.76. The number of hydrogen-bond donors (Lipinski definition) is 2. The Hall–Kier alpha value is -1.30. The number of piperazine rings is 1. The molecule has 0 bridgehead atoms. The summed E-state index contributed by atoms with van der Waals surface area (Å²) in [6.45, 7) is 7.94. The van der Waals surface area contributed by atoms with Crippen LogP contribution in [0.15, 0.2) is 0 Å². The smallest absolute Gasteiger partial charge is 0.404 e. The van der Waals surface area contributed by atoms with Gasteiger partial charge in [-0.25, -0.2) is 4.79 Å². The van der Waals surface area contributed by atoms with E-state index in [0.717, 1.165) is 51.9 Å². The zero-order chi connectivity index (χ0) is 15.4. The van der Waals surface area contributed by atoms with E-state index in [1.165, 1.54) is 0 Å². The van der Waals surface area contributed by atoms with Gasteiger partial charge in [-0.1, -0.05) is 0 Å². The minimum absolute atomic E-state index is 0.0179. The zero-order valence-electron chi connectivity index (χ0n) is 13.0. The summed E-state index contributed by atoms with van der Waals surface area (Å²) in [6.07, 6.45) is 2.18. The van der Waals surface area contributed by atoms with Gasteiger partial charge in [0, 0.05) is 44.2 Å². The predicted octanol–water partition coefficient (Wildman–Crippen LogP) is 1.37. The number of carbonyl (C=O) groups excluding carboxylic acids is 1. The van der Waals surface area contributed by atoms with Gasteiger partial charge in [-0.15, -0.1) is 0 Å². The van der Waals surface area contributed by atoms with Crippen LogP contribution in [-0.2, 0) is 4.79 Å². The maximum Gasteiger partial charge on any atom is 0.404 e. The molecule has 1 heterocycles. The van der Waals surface area contributed by atoms with Crippen LogP contribution in [0.2, 0.25) is 0 Å². The number of hydrogen-bond acceptors (Lipinski definition) is 3. The van der Waals surface area contributed by atoms with Crippen molar-refractivity contribution in [3.05, 3.63) is 0 Å². The normalized spacial score (nSPS) is 27.7. The second-order valence-corrected chi connectivity index (χ2v) is 6.45. The Morgan fingerprint density at radius 1 is 1.05 bits per heavy atom. The highest BCUT2D eigenvalue weighted by Crippen LogP contribution is 2.26. The fourth-order valence-electron chi connectivity index (χ4n) is 3.38. The third-order valence-corrected chi connectivity index (χ3v) is 4.76. The van der Waals surface area contributed by atoms with Gasteiger partial charge in [0.15, 0.2) is 0 Å². The molecule has 0 radical (unpaired) electrons. The first-order valence-electron chi connectivity index (χ1n) is 7.99. The van der Waals surface area contributed by atoms with Gasteiger partial charge in [0.05, 0.1) is 0 Å². The van der Waals surface area contributed by atoms with E-state index in [-0.39, 0.29) is 17.9 Å². The Labute approximate surface area is 126 Å². The van der Waals surface area contributed by atoms with Crippen molar-refractivity contribution >= 4 is 12.0 Å². The summed E-state index contributed by atoms with van der Waals surface area (Å²) in [5.41, 5.74) is 0. The van der Waals surface area contributed by atoms with E-state index < -0.39 is 6.09 Å². The average molecular weight is 297 g/mol. The lowest BCUT2D eigenvalue weighted by atomic mass is 9.85. The summed E-state index contributed by atoms with van der Waals surface area (Å²) in [7, 11) is 0.